The molecule has 8 heteroatoms. The highest BCUT2D eigenvalue weighted by Crippen LogP contribution is 2.21. The second-order valence-corrected chi connectivity index (χ2v) is 5.88. The van der Waals surface area contributed by atoms with Gasteiger partial charge in [-0.2, -0.15) is 13.2 Å². The van der Waals surface area contributed by atoms with Gasteiger partial charge in [-0.3, -0.25) is 4.79 Å². The van der Waals surface area contributed by atoms with Crippen molar-refractivity contribution in [2.24, 2.45) is 0 Å². The minimum Gasteiger partial charge on any atom is -0.347 e. The van der Waals surface area contributed by atoms with Crippen molar-refractivity contribution in [2.75, 3.05) is 11.5 Å². The molecule has 1 heterocycles. The number of amides is 1. The van der Waals surface area contributed by atoms with E-state index in [0.717, 1.165) is 5.56 Å². The number of hydrogen-bond donors (Lipinski definition) is 1. The van der Waals surface area contributed by atoms with E-state index < -0.39 is 17.8 Å². The lowest BCUT2D eigenvalue weighted by atomic mass is 10.1. The van der Waals surface area contributed by atoms with Crippen molar-refractivity contribution in [3.05, 3.63) is 54.6 Å². The van der Waals surface area contributed by atoms with Crippen LogP contribution in [0.1, 0.15) is 11.6 Å². The molecule has 1 unspecified atom stereocenters. The fraction of sp³-hybridized carbons (Fsp3) is 0.333. The number of carbonyl (C=O) groups excluding carboxylic acids is 1. The number of carbonyl (C=O) groups is 1. The predicted octanol–water partition coefficient (Wildman–Crippen LogP) is 3.04. The largest absolute Gasteiger partial charge is 0.397 e. The Balaban J connectivity index is 1.96. The van der Waals surface area contributed by atoms with Crippen molar-refractivity contribution in [1.29, 1.82) is 0 Å². The lowest BCUT2D eigenvalue weighted by molar-refractivity contribution is -0.119. The molecule has 0 aliphatic rings. The highest BCUT2D eigenvalue weighted by molar-refractivity contribution is 8.00. The van der Waals surface area contributed by atoms with E-state index in [1.54, 1.807) is 23.3 Å². The van der Waals surface area contributed by atoms with Crippen molar-refractivity contribution in [2.45, 2.75) is 18.8 Å². The van der Waals surface area contributed by atoms with Gasteiger partial charge in [-0.1, -0.05) is 30.3 Å². The summed E-state index contributed by atoms with van der Waals surface area (Å²) in [5, 5.41) is 2.78. The molecular weight excluding hydrogens is 327 g/mol. The molecule has 23 heavy (non-hydrogen) atoms. The van der Waals surface area contributed by atoms with Crippen LogP contribution >= 0.6 is 11.8 Å². The smallest absolute Gasteiger partial charge is 0.347 e. The summed E-state index contributed by atoms with van der Waals surface area (Å²) < 4.78 is 38.2. The van der Waals surface area contributed by atoms with Gasteiger partial charge in [0.05, 0.1) is 23.9 Å². The number of aromatic nitrogens is 2. The average molecular weight is 343 g/mol. The van der Waals surface area contributed by atoms with Crippen molar-refractivity contribution in [1.82, 2.24) is 14.9 Å². The van der Waals surface area contributed by atoms with Crippen LogP contribution in [0.3, 0.4) is 0 Å². The van der Waals surface area contributed by atoms with Gasteiger partial charge in [0.1, 0.15) is 0 Å². The van der Waals surface area contributed by atoms with Crippen LogP contribution in [0.15, 0.2) is 49.1 Å². The second-order valence-electron chi connectivity index (χ2n) is 4.90. The number of hydrogen-bond acceptors (Lipinski definition) is 3. The van der Waals surface area contributed by atoms with Gasteiger partial charge < -0.3 is 9.88 Å². The SMILES string of the molecule is O=C(CSCC(F)(F)F)NC(Cn1ccnc1)c1ccccc1. The predicted molar refractivity (Wildman–Crippen MR) is 82.9 cm³/mol. The monoisotopic (exact) mass is 343 g/mol. The molecule has 0 fully saturated rings. The third-order valence-corrected chi connectivity index (χ3v) is 3.99. The minimum absolute atomic E-state index is 0.229. The van der Waals surface area contributed by atoms with E-state index in [-0.39, 0.29) is 11.8 Å². The first kappa shape index (κ1) is 17.4. The molecule has 0 saturated heterocycles. The van der Waals surface area contributed by atoms with Crippen molar-refractivity contribution >= 4 is 17.7 Å². The quantitative estimate of drug-likeness (QED) is 0.841. The topological polar surface area (TPSA) is 46.9 Å². The fourth-order valence-corrected chi connectivity index (χ4v) is 2.62. The molecule has 1 atom stereocenters. The molecule has 0 aliphatic heterocycles. The molecule has 2 aromatic rings. The van der Waals surface area contributed by atoms with Crippen molar-refractivity contribution in [3.63, 3.8) is 0 Å². The minimum atomic E-state index is -4.26. The van der Waals surface area contributed by atoms with Gasteiger partial charge in [0.25, 0.3) is 0 Å². The Morgan fingerprint density at radius 1 is 1.30 bits per heavy atom. The normalized spacial score (nSPS) is 12.8. The van der Waals surface area contributed by atoms with Gasteiger partial charge in [0.15, 0.2) is 0 Å². The van der Waals surface area contributed by atoms with E-state index in [0.29, 0.717) is 18.3 Å². The third kappa shape index (κ3) is 6.35. The molecule has 1 N–H and O–H groups in total. The number of halogens is 3. The number of nitrogens with one attached hydrogen (secondary N) is 1. The molecule has 124 valence electrons. The molecule has 0 aliphatic carbocycles. The van der Waals surface area contributed by atoms with E-state index in [2.05, 4.69) is 10.3 Å². The van der Waals surface area contributed by atoms with Crippen LogP contribution in [0.2, 0.25) is 0 Å². The summed E-state index contributed by atoms with van der Waals surface area (Å²) in [4.78, 5) is 15.9. The first-order chi connectivity index (χ1) is 10.9. The highest BCUT2D eigenvalue weighted by Gasteiger charge is 2.27. The maximum absolute atomic E-state index is 12.1. The molecule has 0 saturated carbocycles. The summed E-state index contributed by atoms with van der Waals surface area (Å²) in [6, 6.07) is 8.96. The first-order valence-electron chi connectivity index (χ1n) is 6.88. The van der Waals surface area contributed by atoms with Gasteiger partial charge in [-0.05, 0) is 5.56 Å². The van der Waals surface area contributed by atoms with Gasteiger partial charge in [0, 0.05) is 18.9 Å². The second kappa shape index (κ2) is 8.05. The number of nitrogens with zero attached hydrogens (tertiary/aromatic N) is 2. The molecule has 0 radical (unpaired) electrons. The Bertz CT molecular complexity index is 602. The fourth-order valence-electron chi connectivity index (χ4n) is 2.02. The van der Waals surface area contributed by atoms with Crippen LogP contribution < -0.4 is 5.32 Å². The van der Waals surface area contributed by atoms with Gasteiger partial charge in [0.2, 0.25) is 5.91 Å². The molecule has 1 aromatic heterocycles. The molecule has 0 spiro atoms. The molecular formula is C15H16F3N3OS. The van der Waals surface area contributed by atoms with Gasteiger partial charge in [-0.25, -0.2) is 4.98 Å². The van der Waals surface area contributed by atoms with Crippen LogP contribution in [0.5, 0.6) is 0 Å². The van der Waals surface area contributed by atoms with Gasteiger partial charge in [-0.15, -0.1) is 11.8 Å². The summed E-state index contributed by atoms with van der Waals surface area (Å²) in [7, 11) is 0. The van der Waals surface area contributed by atoms with Crippen LogP contribution in [-0.4, -0.2) is 33.1 Å². The number of thioether (sulfide) groups is 1. The Hall–Kier alpha value is -1.96. The zero-order chi connectivity index (χ0) is 16.7. The summed E-state index contributed by atoms with van der Waals surface area (Å²) in [6.45, 7) is 0.458. The lowest BCUT2D eigenvalue weighted by Crippen LogP contribution is -2.33. The lowest BCUT2D eigenvalue weighted by Gasteiger charge is -2.20. The Morgan fingerprint density at radius 2 is 2.04 bits per heavy atom. The number of alkyl halides is 3. The Kier molecular flexibility index (Phi) is 6.09. The summed E-state index contributed by atoms with van der Waals surface area (Å²) in [5.41, 5.74) is 0.885. The average Bonchev–Trinajstić information content (AvgIpc) is 2.99. The summed E-state index contributed by atoms with van der Waals surface area (Å²) >= 11 is 0.557. The van der Waals surface area contributed by atoms with E-state index in [9.17, 15) is 18.0 Å². The van der Waals surface area contributed by atoms with Crippen LogP contribution in [0, 0.1) is 0 Å². The highest BCUT2D eigenvalue weighted by atomic mass is 32.2. The first-order valence-corrected chi connectivity index (χ1v) is 8.04. The maximum atomic E-state index is 12.1. The number of imidazole rings is 1. The summed E-state index contributed by atoms with van der Waals surface area (Å²) in [5.74, 6) is -1.68. The molecule has 1 aromatic carbocycles. The van der Waals surface area contributed by atoms with Gasteiger partial charge >= 0.3 is 6.18 Å². The van der Waals surface area contributed by atoms with Crippen molar-refractivity contribution < 1.29 is 18.0 Å². The molecule has 4 nitrogen and oxygen atoms in total. The number of benzene rings is 1. The third-order valence-electron chi connectivity index (χ3n) is 2.99. The molecule has 2 rings (SSSR count). The summed E-state index contributed by atoms with van der Waals surface area (Å²) in [6.07, 6.45) is 0.755. The number of rotatable bonds is 7. The zero-order valence-corrected chi connectivity index (χ0v) is 13.0. The van der Waals surface area contributed by atoms with E-state index in [1.165, 1.54) is 0 Å². The van der Waals surface area contributed by atoms with E-state index in [4.69, 9.17) is 0 Å². The molecule has 0 bridgehead atoms. The Labute approximate surface area is 136 Å². The standard InChI is InChI=1S/C15H16F3N3OS/c16-15(17,18)10-23-9-14(22)20-13(8-21-7-6-19-11-21)12-4-2-1-3-5-12/h1-7,11,13H,8-10H2,(H,20,22). The van der Waals surface area contributed by atoms with E-state index in [1.807, 2.05) is 30.3 Å². The van der Waals surface area contributed by atoms with Crippen molar-refractivity contribution in [3.8, 4) is 0 Å². The Morgan fingerprint density at radius 3 is 2.65 bits per heavy atom. The van der Waals surface area contributed by atoms with Crippen LogP contribution in [0.4, 0.5) is 13.2 Å². The van der Waals surface area contributed by atoms with E-state index >= 15 is 0 Å². The van der Waals surface area contributed by atoms with Crippen LogP contribution in [-0.2, 0) is 11.3 Å². The zero-order valence-electron chi connectivity index (χ0n) is 12.2. The molecule has 1 amide bonds. The van der Waals surface area contributed by atoms with Crippen LogP contribution in [0.25, 0.3) is 0 Å². The maximum Gasteiger partial charge on any atom is 0.397 e.